The summed E-state index contributed by atoms with van der Waals surface area (Å²) in [6.45, 7) is 1.90. The van der Waals surface area contributed by atoms with Crippen LogP contribution in [0.1, 0.15) is 26.3 Å². The number of ether oxygens (including phenoxy) is 1. The molecule has 0 spiro atoms. The van der Waals surface area contributed by atoms with Crippen LogP contribution in [0.25, 0.3) is 0 Å². The zero-order valence-corrected chi connectivity index (χ0v) is 19.6. The molecular weight excluding hydrogens is 470 g/mol. The highest BCUT2D eigenvalue weighted by Crippen LogP contribution is 2.30. The number of imide groups is 1. The van der Waals surface area contributed by atoms with E-state index < -0.39 is 17.8 Å². The summed E-state index contributed by atoms with van der Waals surface area (Å²) in [6, 6.07) is 19.6. The largest absolute Gasteiger partial charge is 0.465 e. The number of amides is 3. The van der Waals surface area contributed by atoms with Gasteiger partial charge in [0, 0.05) is 16.9 Å². The predicted octanol–water partition coefficient (Wildman–Crippen LogP) is 4.47. The lowest BCUT2D eigenvalue weighted by Crippen LogP contribution is -2.32. The Labute approximate surface area is 206 Å². The van der Waals surface area contributed by atoms with Gasteiger partial charge in [-0.3, -0.25) is 14.4 Å². The third kappa shape index (κ3) is 4.78. The molecule has 0 saturated carbocycles. The van der Waals surface area contributed by atoms with Gasteiger partial charge in [-0.05, 0) is 67.1 Å². The molecule has 3 aromatic carbocycles. The van der Waals surface area contributed by atoms with Crippen LogP contribution in [0.4, 0.5) is 17.1 Å². The van der Waals surface area contributed by atoms with E-state index in [1.807, 2.05) is 31.2 Å². The van der Waals surface area contributed by atoms with Crippen molar-refractivity contribution in [2.24, 2.45) is 0 Å². The molecule has 0 unspecified atom stereocenters. The first kappa shape index (κ1) is 23.7. The van der Waals surface area contributed by atoms with Crippen LogP contribution in [-0.2, 0) is 14.3 Å². The maximum Gasteiger partial charge on any atom is 0.337 e. The van der Waals surface area contributed by atoms with Gasteiger partial charge in [0.05, 0.1) is 18.4 Å². The molecule has 4 rings (SSSR count). The van der Waals surface area contributed by atoms with Crippen molar-refractivity contribution in [3.05, 3.63) is 100 Å². The number of hydrogen-bond donors (Lipinski definition) is 2. The highest BCUT2D eigenvalue weighted by atomic mass is 35.5. The number of benzene rings is 3. The Morgan fingerprint density at radius 3 is 2.11 bits per heavy atom. The first-order valence-electron chi connectivity index (χ1n) is 10.5. The van der Waals surface area contributed by atoms with E-state index in [1.54, 1.807) is 24.3 Å². The number of halogens is 1. The lowest BCUT2D eigenvalue weighted by molar-refractivity contribution is -0.120. The van der Waals surface area contributed by atoms with Crippen molar-refractivity contribution in [2.75, 3.05) is 22.6 Å². The van der Waals surface area contributed by atoms with Gasteiger partial charge in [-0.1, -0.05) is 29.8 Å². The van der Waals surface area contributed by atoms with Crippen LogP contribution in [0.3, 0.4) is 0 Å². The summed E-state index contributed by atoms with van der Waals surface area (Å²) in [7, 11) is 1.26. The van der Waals surface area contributed by atoms with Gasteiger partial charge in [0.2, 0.25) is 0 Å². The van der Waals surface area contributed by atoms with Gasteiger partial charge in [0.15, 0.2) is 0 Å². The zero-order valence-electron chi connectivity index (χ0n) is 18.8. The molecule has 1 aliphatic rings. The van der Waals surface area contributed by atoms with Crippen LogP contribution in [0.15, 0.2) is 83.5 Å². The Balaban J connectivity index is 1.47. The lowest BCUT2D eigenvalue weighted by atomic mass is 10.1. The standard InChI is InChI=1S/C26H20ClN3O5/c1-15-5-3-4-6-20(15)29-23(31)16-7-11-18(12-8-16)28-22-21(27)24(32)30(25(22)33)19-13-9-17(10-14-19)26(34)35-2/h3-14,28H,1-2H3,(H,29,31). The molecule has 0 fully saturated rings. The summed E-state index contributed by atoms with van der Waals surface area (Å²) in [5.41, 5.74) is 2.98. The second kappa shape index (κ2) is 9.82. The highest BCUT2D eigenvalue weighted by Gasteiger charge is 2.39. The van der Waals surface area contributed by atoms with E-state index in [0.29, 0.717) is 16.9 Å². The Bertz CT molecular complexity index is 1360. The second-order valence-corrected chi connectivity index (χ2v) is 8.02. The fourth-order valence-corrected chi connectivity index (χ4v) is 3.68. The minimum Gasteiger partial charge on any atom is -0.465 e. The molecule has 9 heteroatoms. The first-order valence-corrected chi connectivity index (χ1v) is 10.9. The monoisotopic (exact) mass is 489 g/mol. The van der Waals surface area contributed by atoms with Crippen molar-refractivity contribution in [2.45, 2.75) is 6.92 Å². The summed E-state index contributed by atoms with van der Waals surface area (Å²) in [5.74, 6) is -2.16. The van der Waals surface area contributed by atoms with Gasteiger partial charge < -0.3 is 15.4 Å². The normalized spacial score (nSPS) is 13.2. The number of hydrogen-bond acceptors (Lipinski definition) is 6. The maximum absolute atomic E-state index is 13.0. The smallest absolute Gasteiger partial charge is 0.337 e. The summed E-state index contributed by atoms with van der Waals surface area (Å²) >= 11 is 6.18. The second-order valence-electron chi connectivity index (χ2n) is 7.64. The molecule has 0 saturated heterocycles. The van der Waals surface area contributed by atoms with Crippen molar-refractivity contribution in [1.82, 2.24) is 0 Å². The third-order valence-corrected chi connectivity index (χ3v) is 5.73. The van der Waals surface area contributed by atoms with Crippen LogP contribution in [0, 0.1) is 6.92 Å². The number of nitrogens with one attached hydrogen (secondary N) is 2. The Morgan fingerprint density at radius 1 is 0.857 bits per heavy atom. The first-order chi connectivity index (χ1) is 16.8. The molecule has 0 aliphatic carbocycles. The van der Waals surface area contributed by atoms with Crippen molar-refractivity contribution in [3.63, 3.8) is 0 Å². The van der Waals surface area contributed by atoms with Gasteiger partial charge in [-0.2, -0.15) is 0 Å². The van der Waals surface area contributed by atoms with Crippen LogP contribution >= 0.6 is 11.6 Å². The molecule has 0 atom stereocenters. The van der Waals surface area contributed by atoms with Crippen molar-refractivity contribution >= 4 is 52.4 Å². The number of aryl methyl sites for hydroxylation is 1. The number of para-hydroxylation sites is 1. The van der Waals surface area contributed by atoms with E-state index in [-0.39, 0.29) is 27.9 Å². The molecule has 176 valence electrons. The fraction of sp³-hybridized carbons (Fsp3) is 0.0769. The van der Waals surface area contributed by atoms with Crippen molar-refractivity contribution < 1.29 is 23.9 Å². The predicted molar refractivity (Wildman–Crippen MR) is 132 cm³/mol. The topological polar surface area (TPSA) is 105 Å². The molecule has 0 aromatic heterocycles. The number of esters is 1. The van der Waals surface area contributed by atoms with Gasteiger partial charge in [0.25, 0.3) is 17.7 Å². The summed E-state index contributed by atoms with van der Waals surface area (Å²) < 4.78 is 4.65. The van der Waals surface area contributed by atoms with Crippen LogP contribution < -0.4 is 15.5 Å². The molecular formula is C26H20ClN3O5. The number of carbonyl (C=O) groups excluding carboxylic acids is 4. The highest BCUT2D eigenvalue weighted by molar-refractivity contribution is 6.53. The van der Waals surface area contributed by atoms with Gasteiger partial charge in [-0.15, -0.1) is 0 Å². The molecule has 3 amide bonds. The summed E-state index contributed by atoms with van der Waals surface area (Å²) in [5, 5.41) is 5.45. The number of nitrogens with zero attached hydrogens (tertiary/aromatic N) is 1. The zero-order chi connectivity index (χ0) is 25.1. The number of carbonyl (C=O) groups is 4. The number of anilines is 3. The average molecular weight is 490 g/mol. The van der Waals surface area contributed by atoms with E-state index in [9.17, 15) is 19.2 Å². The lowest BCUT2D eigenvalue weighted by Gasteiger charge is -2.15. The van der Waals surface area contributed by atoms with E-state index in [1.165, 1.54) is 31.4 Å². The fourth-order valence-electron chi connectivity index (χ4n) is 3.47. The summed E-state index contributed by atoms with van der Waals surface area (Å²) in [6.07, 6.45) is 0. The molecule has 3 aromatic rings. The summed E-state index contributed by atoms with van der Waals surface area (Å²) in [4.78, 5) is 50.7. The van der Waals surface area contributed by atoms with Crippen LogP contribution in [-0.4, -0.2) is 30.8 Å². The molecule has 0 radical (unpaired) electrons. The van der Waals surface area contributed by atoms with Crippen molar-refractivity contribution in [1.29, 1.82) is 0 Å². The molecule has 0 bridgehead atoms. The molecule has 8 nitrogen and oxygen atoms in total. The number of methoxy groups -OCH3 is 1. The van der Waals surface area contributed by atoms with E-state index in [2.05, 4.69) is 15.4 Å². The number of rotatable bonds is 6. The van der Waals surface area contributed by atoms with E-state index >= 15 is 0 Å². The van der Waals surface area contributed by atoms with Gasteiger partial charge in [0.1, 0.15) is 10.7 Å². The Morgan fingerprint density at radius 2 is 1.49 bits per heavy atom. The van der Waals surface area contributed by atoms with Crippen LogP contribution in [0.5, 0.6) is 0 Å². The molecule has 35 heavy (non-hydrogen) atoms. The Hall–Kier alpha value is -4.43. The average Bonchev–Trinajstić information content (AvgIpc) is 3.08. The molecule has 1 heterocycles. The van der Waals surface area contributed by atoms with Gasteiger partial charge >= 0.3 is 5.97 Å². The van der Waals surface area contributed by atoms with Crippen molar-refractivity contribution in [3.8, 4) is 0 Å². The van der Waals surface area contributed by atoms with Crippen LogP contribution in [0.2, 0.25) is 0 Å². The maximum atomic E-state index is 13.0. The quantitative estimate of drug-likeness (QED) is 0.391. The van der Waals surface area contributed by atoms with E-state index in [0.717, 1.165) is 10.5 Å². The minimum absolute atomic E-state index is 0.0918. The molecule has 2 N–H and O–H groups in total. The van der Waals surface area contributed by atoms with Gasteiger partial charge in [-0.25, -0.2) is 9.69 Å². The minimum atomic E-state index is -0.695. The third-order valence-electron chi connectivity index (χ3n) is 5.38. The van der Waals surface area contributed by atoms with E-state index in [4.69, 9.17) is 11.6 Å². The molecule has 1 aliphatic heterocycles. The SMILES string of the molecule is COC(=O)c1ccc(N2C(=O)C(Cl)=C(Nc3ccc(C(=O)Nc4ccccc4C)cc3)C2=O)cc1. The Kier molecular flexibility index (Phi) is 6.66.